The molecule has 0 aliphatic carbocycles. The number of hydrogen-bond donors (Lipinski definition) is 1. The van der Waals surface area contributed by atoms with Gasteiger partial charge in [0.2, 0.25) is 0 Å². The monoisotopic (exact) mass is 215 g/mol. The Morgan fingerprint density at radius 2 is 2.25 bits per heavy atom. The summed E-state index contributed by atoms with van der Waals surface area (Å²) in [6.07, 6.45) is 0. The predicted octanol–water partition coefficient (Wildman–Crippen LogP) is 1.11. The average Bonchev–Trinajstić information content (AvgIpc) is 2.27. The molecule has 2 aromatic rings. The Balaban J connectivity index is 2.99. The van der Waals surface area contributed by atoms with Gasteiger partial charge in [-0.2, -0.15) is 5.26 Å². The Hall–Kier alpha value is -2.35. The van der Waals surface area contributed by atoms with Gasteiger partial charge in [-0.05, 0) is 19.1 Å². The lowest BCUT2D eigenvalue weighted by atomic mass is 10.1. The van der Waals surface area contributed by atoms with E-state index in [1.807, 2.05) is 6.07 Å². The Bertz CT molecular complexity index is 653. The maximum Gasteiger partial charge on any atom is 0.262 e. The fourth-order valence-corrected chi connectivity index (χ4v) is 1.62. The van der Waals surface area contributed by atoms with E-state index in [2.05, 4.69) is 9.97 Å². The fourth-order valence-electron chi connectivity index (χ4n) is 1.62. The molecule has 0 saturated carbocycles. The van der Waals surface area contributed by atoms with Gasteiger partial charge in [0.05, 0.1) is 18.2 Å². The minimum Gasteiger partial charge on any atom is -0.494 e. The molecule has 80 valence electrons. The average molecular weight is 215 g/mol. The van der Waals surface area contributed by atoms with Crippen molar-refractivity contribution in [3.8, 4) is 11.8 Å². The molecule has 1 heterocycles. The van der Waals surface area contributed by atoms with Crippen molar-refractivity contribution >= 4 is 10.9 Å². The normalized spacial score (nSPS) is 10.1. The third-order valence-corrected chi connectivity index (χ3v) is 2.27. The third-order valence-electron chi connectivity index (χ3n) is 2.27. The highest BCUT2D eigenvalue weighted by Crippen LogP contribution is 2.25. The van der Waals surface area contributed by atoms with Crippen LogP contribution in [0.15, 0.2) is 16.9 Å². The Labute approximate surface area is 91.3 Å². The molecule has 5 nitrogen and oxygen atoms in total. The molecule has 0 saturated heterocycles. The van der Waals surface area contributed by atoms with Crippen LogP contribution in [0.25, 0.3) is 10.9 Å². The van der Waals surface area contributed by atoms with Gasteiger partial charge in [0.25, 0.3) is 5.56 Å². The highest BCUT2D eigenvalue weighted by molar-refractivity contribution is 5.86. The van der Waals surface area contributed by atoms with E-state index in [-0.39, 0.29) is 11.3 Å². The number of fused-ring (bicyclic) bond motifs is 1. The molecule has 0 unspecified atom stereocenters. The molecule has 1 N–H and O–H groups in total. The molecule has 1 aromatic heterocycles. The number of ether oxygens (including phenoxy) is 1. The van der Waals surface area contributed by atoms with Crippen LogP contribution in [0.1, 0.15) is 11.4 Å². The molecule has 0 fully saturated rings. The van der Waals surface area contributed by atoms with Crippen molar-refractivity contribution in [1.82, 2.24) is 9.97 Å². The first kappa shape index (κ1) is 10.2. The molecule has 0 amide bonds. The van der Waals surface area contributed by atoms with E-state index in [0.29, 0.717) is 22.3 Å². The van der Waals surface area contributed by atoms with Crippen LogP contribution in [0, 0.1) is 18.3 Å². The van der Waals surface area contributed by atoms with Gasteiger partial charge in [-0.1, -0.05) is 0 Å². The first-order valence-corrected chi connectivity index (χ1v) is 4.65. The van der Waals surface area contributed by atoms with Gasteiger partial charge in [-0.25, -0.2) is 4.98 Å². The highest BCUT2D eigenvalue weighted by atomic mass is 16.5. The van der Waals surface area contributed by atoms with Gasteiger partial charge in [-0.3, -0.25) is 4.79 Å². The summed E-state index contributed by atoms with van der Waals surface area (Å²) in [7, 11) is 1.43. The van der Waals surface area contributed by atoms with E-state index in [4.69, 9.17) is 10.00 Å². The first-order valence-electron chi connectivity index (χ1n) is 4.65. The van der Waals surface area contributed by atoms with E-state index >= 15 is 0 Å². The van der Waals surface area contributed by atoms with Gasteiger partial charge in [-0.15, -0.1) is 0 Å². The number of aromatic amines is 1. The summed E-state index contributed by atoms with van der Waals surface area (Å²) >= 11 is 0. The third kappa shape index (κ3) is 1.41. The number of aromatic nitrogens is 2. The maximum absolute atomic E-state index is 11.8. The Kier molecular flexibility index (Phi) is 2.33. The summed E-state index contributed by atoms with van der Waals surface area (Å²) in [5, 5.41) is 9.20. The molecule has 5 heteroatoms. The summed E-state index contributed by atoms with van der Waals surface area (Å²) in [5.74, 6) is 0.804. The second kappa shape index (κ2) is 3.66. The largest absolute Gasteiger partial charge is 0.494 e. The fraction of sp³-hybridized carbons (Fsp3) is 0.182. The minimum absolute atomic E-state index is 0.272. The van der Waals surface area contributed by atoms with Gasteiger partial charge in [0.1, 0.15) is 17.3 Å². The molecule has 2 rings (SSSR count). The van der Waals surface area contributed by atoms with Crippen molar-refractivity contribution < 1.29 is 4.74 Å². The number of nitriles is 1. The minimum atomic E-state index is -0.295. The zero-order valence-corrected chi connectivity index (χ0v) is 8.87. The van der Waals surface area contributed by atoms with Crippen LogP contribution in [-0.4, -0.2) is 17.1 Å². The molecule has 0 aliphatic heterocycles. The molecule has 0 aliphatic rings. The van der Waals surface area contributed by atoms with Crippen LogP contribution < -0.4 is 10.3 Å². The van der Waals surface area contributed by atoms with Crippen LogP contribution in [0.4, 0.5) is 0 Å². The number of benzene rings is 1. The van der Waals surface area contributed by atoms with Crippen LogP contribution >= 0.6 is 0 Å². The van der Waals surface area contributed by atoms with Crippen molar-refractivity contribution in [2.75, 3.05) is 7.11 Å². The van der Waals surface area contributed by atoms with Crippen LogP contribution in [-0.2, 0) is 0 Å². The molecule has 0 atom stereocenters. The Morgan fingerprint density at radius 3 is 2.88 bits per heavy atom. The predicted molar refractivity (Wildman–Crippen MR) is 58.4 cm³/mol. The van der Waals surface area contributed by atoms with E-state index in [0.717, 1.165) is 0 Å². The van der Waals surface area contributed by atoms with Gasteiger partial charge in [0, 0.05) is 0 Å². The molecule has 1 aromatic carbocycles. The van der Waals surface area contributed by atoms with Crippen LogP contribution in [0.2, 0.25) is 0 Å². The maximum atomic E-state index is 11.8. The van der Waals surface area contributed by atoms with E-state index in [9.17, 15) is 4.79 Å². The second-order valence-electron chi connectivity index (χ2n) is 3.30. The van der Waals surface area contributed by atoms with E-state index in [1.165, 1.54) is 7.11 Å². The molecule has 16 heavy (non-hydrogen) atoms. The summed E-state index contributed by atoms with van der Waals surface area (Å²) in [6.45, 7) is 1.70. The quantitative estimate of drug-likeness (QED) is 0.772. The number of hydrogen-bond acceptors (Lipinski definition) is 4. The summed E-state index contributed by atoms with van der Waals surface area (Å²) in [4.78, 5) is 18.5. The van der Waals surface area contributed by atoms with Gasteiger partial charge >= 0.3 is 0 Å². The second-order valence-corrected chi connectivity index (χ2v) is 3.30. The van der Waals surface area contributed by atoms with Crippen molar-refractivity contribution in [3.05, 3.63) is 33.9 Å². The molecule has 0 spiro atoms. The lowest BCUT2D eigenvalue weighted by molar-refractivity contribution is 0.418. The van der Waals surface area contributed by atoms with Crippen molar-refractivity contribution in [2.45, 2.75) is 6.92 Å². The van der Waals surface area contributed by atoms with Crippen LogP contribution in [0.3, 0.4) is 0 Å². The number of nitrogens with zero attached hydrogens (tertiary/aromatic N) is 2. The molecular weight excluding hydrogens is 206 g/mol. The van der Waals surface area contributed by atoms with Crippen molar-refractivity contribution in [1.29, 1.82) is 5.26 Å². The van der Waals surface area contributed by atoms with Crippen LogP contribution in [0.5, 0.6) is 5.75 Å². The van der Waals surface area contributed by atoms with Gasteiger partial charge in [0.15, 0.2) is 5.75 Å². The molecule has 0 bridgehead atoms. The number of rotatable bonds is 1. The zero-order chi connectivity index (χ0) is 11.7. The lowest BCUT2D eigenvalue weighted by Gasteiger charge is -2.06. The summed E-state index contributed by atoms with van der Waals surface area (Å²) in [6, 6.07) is 5.20. The smallest absolute Gasteiger partial charge is 0.262 e. The number of methoxy groups -OCH3 is 1. The SMILES string of the molecule is COc1c(C#N)ccc2nc(C)[nH]c(=O)c12. The highest BCUT2D eigenvalue weighted by Gasteiger charge is 2.12. The zero-order valence-electron chi connectivity index (χ0n) is 8.87. The van der Waals surface area contributed by atoms with E-state index < -0.39 is 0 Å². The summed E-state index contributed by atoms with van der Waals surface area (Å²) in [5.41, 5.74) is 0.555. The Morgan fingerprint density at radius 1 is 1.50 bits per heavy atom. The number of aryl methyl sites for hydroxylation is 1. The molecular formula is C11H9N3O2. The summed E-state index contributed by atoms with van der Waals surface area (Å²) < 4.78 is 5.09. The lowest BCUT2D eigenvalue weighted by Crippen LogP contribution is -2.11. The topological polar surface area (TPSA) is 78.8 Å². The van der Waals surface area contributed by atoms with E-state index in [1.54, 1.807) is 19.1 Å². The molecule has 0 radical (unpaired) electrons. The van der Waals surface area contributed by atoms with Crippen molar-refractivity contribution in [3.63, 3.8) is 0 Å². The first-order chi connectivity index (χ1) is 7.67. The van der Waals surface area contributed by atoms with Crippen molar-refractivity contribution in [2.24, 2.45) is 0 Å². The standard InChI is InChI=1S/C11H9N3O2/c1-6-13-8-4-3-7(5-12)10(16-2)9(8)11(15)14-6/h3-4H,1-2H3,(H,13,14,15). The number of H-pyrrole nitrogens is 1. The van der Waals surface area contributed by atoms with Gasteiger partial charge < -0.3 is 9.72 Å². The number of nitrogens with one attached hydrogen (secondary N) is 1.